The van der Waals surface area contributed by atoms with E-state index in [1.807, 2.05) is 19.1 Å². The number of nitrogen functional groups attached to an aromatic ring is 1. The van der Waals surface area contributed by atoms with Gasteiger partial charge in [-0.15, -0.1) is 0 Å². The fourth-order valence-corrected chi connectivity index (χ4v) is 1.29. The largest absolute Gasteiger partial charge is 0.495 e. The molecule has 0 bridgehead atoms. The molecule has 0 heterocycles. The molecule has 0 aliphatic rings. The first-order valence-corrected chi connectivity index (χ1v) is 5.39. The van der Waals surface area contributed by atoms with Gasteiger partial charge in [0.05, 0.1) is 24.1 Å². The number of para-hydroxylation sites is 1. The van der Waals surface area contributed by atoms with Crippen molar-refractivity contribution in [3.63, 3.8) is 0 Å². The summed E-state index contributed by atoms with van der Waals surface area (Å²) in [5.74, 6) is 0.640. The highest BCUT2D eigenvalue weighted by molar-refractivity contribution is 5.72. The van der Waals surface area contributed by atoms with E-state index < -0.39 is 5.60 Å². The predicted molar refractivity (Wildman–Crippen MR) is 66.8 cm³/mol. The lowest BCUT2D eigenvalue weighted by Gasteiger charge is -2.23. The summed E-state index contributed by atoms with van der Waals surface area (Å²) in [6.07, 6.45) is 0.684. The van der Waals surface area contributed by atoms with Crippen LogP contribution < -0.4 is 15.8 Å². The Balaban J connectivity index is 2.75. The Kier molecular flexibility index (Phi) is 4.01. The van der Waals surface area contributed by atoms with Crippen LogP contribution in [0, 0.1) is 0 Å². The number of hydrogen-bond acceptors (Lipinski definition) is 4. The lowest BCUT2D eigenvalue weighted by molar-refractivity contribution is 0.0697. The Morgan fingerprint density at radius 2 is 2.19 bits per heavy atom. The zero-order valence-corrected chi connectivity index (χ0v) is 10.1. The fraction of sp³-hybridized carbons (Fsp3) is 0.500. The van der Waals surface area contributed by atoms with Gasteiger partial charge in [-0.1, -0.05) is 13.0 Å². The maximum absolute atomic E-state index is 9.87. The maximum atomic E-state index is 9.87. The van der Waals surface area contributed by atoms with Crippen LogP contribution in [0.15, 0.2) is 18.2 Å². The highest BCUT2D eigenvalue weighted by Gasteiger charge is 2.17. The number of nitrogens with two attached hydrogens (primary N) is 1. The van der Waals surface area contributed by atoms with E-state index in [2.05, 4.69) is 5.32 Å². The Morgan fingerprint density at radius 3 is 2.75 bits per heavy atom. The van der Waals surface area contributed by atoms with Gasteiger partial charge in [0.1, 0.15) is 5.75 Å². The maximum Gasteiger partial charge on any atom is 0.143 e. The second kappa shape index (κ2) is 5.07. The summed E-state index contributed by atoms with van der Waals surface area (Å²) in [7, 11) is 1.58. The molecular formula is C12H20N2O2. The molecule has 0 radical (unpaired) electrons. The van der Waals surface area contributed by atoms with Crippen molar-refractivity contribution in [3.05, 3.63) is 18.2 Å². The average Bonchev–Trinajstić information content (AvgIpc) is 2.28. The predicted octanol–water partition coefficient (Wildman–Crippen LogP) is 1.85. The molecule has 1 unspecified atom stereocenters. The second-order valence-corrected chi connectivity index (χ2v) is 4.13. The molecule has 4 heteroatoms. The zero-order chi connectivity index (χ0) is 12.2. The SMILES string of the molecule is CCC(C)(O)CNc1cccc(OC)c1N. The molecule has 0 spiro atoms. The third-order valence-electron chi connectivity index (χ3n) is 2.71. The van der Waals surface area contributed by atoms with E-state index in [0.717, 1.165) is 5.69 Å². The molecule has 0 saturated heterocycles. The normalized spacial score (nSPS) is 14.2. The van der Waals surface area contributed by atoms with Crippen LogP contribution in [0.25, 0.3) is 0 Å². The van der Waals surface area contributed by atoms with E-state index in [1.165, 1.54) is 0 Å². The minimum absolute atomic E-state index is 0.459. The Bertz CT molecular complexity index is 351. The minimum Gasteiger partial charge on any atom is -0.495 e. The van der Waals surface area contributed by atoms with Crippen LogP contribution in [-0.4, -0.2) is 24.4 Å². The number of rotatable bonds is 5. The molecule has 4 N–H and O–H groups in total. The van der Waals surface area contributed by atoms with Gasteiger partial charge >= 0.3 is 0 Å². The first-order valence-electron chi connectivity index (χ1n) is 5.39. The topological polar surface area (TPSA) is 67.5 Å². The van der Waals surface area contributed by atoms with Crippen molar-refractivity contribution >= 4 is 11.4 Å². The van der Waals surface area contributed by atoms with Gasteiger partial charge in [-0.25, -0.2) is 0 Å². The summed E-state index contributed by atoms with van der Waals surface area (Å²) in [6.45, 7) is 4.19. The van der Waals surface area contributed by atoms with E-state index in [1.54, 1.807) is 20.1 Å². The van der Waals surface area contributed by atoms with Crippen LogP contribution in [0.2, 0.25) is 0 Å². The van der Waals surface area contributed by atoms with Gasteiger partial charge in [0, 0.05) is 6.54 Å². The summed E-state index contributed by atoms with van der Waals surface area (Å²) < 4.78 is 5.12. The van der Waals surface area contributed by atoms with Crippen LogP contribution in [0.5, 0.6) is 5.75 Å². The van der Waals surface area contributed by atoms with Crippen molar-refractivity contribution < 1.29 is 9.84 Å². The third kappa shape index (κ3) is 3.03. The first kappa shape index (κ1) is 12.6. The van der Waals surface area contributed by atoms with E-state index in [9.17, 15) is 5.11 Å². The van der Waals surface area contributed by atoms with Crippen LogP contribution in [0.3, 0.4) is 0 Å². The Morgan fingerprint density at radius 1 is 1.50 bits per heavy atom. The third-order valence-corrected chi connectivity index (χ3v) is 2.71. The van der Waals surface area contributed by atoms with E-state index in [0.29, 0.717) is 24.4 Å². The van der Waals surface area contributed by atoms with Crippen LogP contribution in [0.4, 0.5) is 11.4 Å². The van der Waals surface area contributed by atoms with Gasteiger partial charge in [0.25, 0.3) is 0 Å². The number of nitrogens with one attached hydrogen (secondary N) is 1. The highest BCUT2D eigenvalue weighted by Crippen LogP contribution is 2.29. The van der Waals surface area contributed by atoms with Crippen molar-refractivity contribution in [2.45, 2.75) is 25.9 Å². The Labute approximate surface area is 96.4 Å². The quantitative estimate of drug-likeness (QED) is 0.668. The summed E-state index contributed by atoms with van der Waals surface area (Å²) >= 11 is 0. The van der Waals surface area contributed by atoms with Gasteiger partial charge in [-0.05, 0) is 25.5 Å². The molecule has 1 aromatic rings. The molecule has 0 saturated carbocycles. The molecule has 1 atom stereocenters. The summed E-state index contributed by atoms with van der Waals surface area (Å²) in [6, 6.07) is 5.53. The summed E-state index contributed by atoms with van der Waals surface area (Å²) in [4.78, 5) is 0. The standard InChI is InChI=1S/C12H20N2O2/c1-4-12(2,15)8-14-9-6-5-7-10(16-3)11(9)13/h5-7,14-15H,4,8,13H2,1-3H3. The number of ether oxygens (including phenoxy) is 1. The molecule has 0 aliphatic heterocycles. The molecular weight excluding hydrogens is 204 g/mol. The highest BCUT2D eigenvalue weighted by atomic mass is 16.5. The van der Waals surface area contributed by atoms with Gasteiger partial charge in [0.15, 0.2) is 0 Å². The lowest BCUT2D eigenvalue weighted by Crippen LogP contribution is -2.32. The first-order chi connectivity index (χ1) is 7.50. The molecule has 0 aliphatic carbocycles. The van der Waals surface area contributed by atoms with Crippen LogP contribution in [-0.2, 0) is 0 Å². The number of anilines is 2. The fourth-order valence-electron chi connectivity index (χ4n) is 1.29. The molecule has 0 aromatic heterocycles. The van der Waals surface area contributed by atoms with Crippen molar-refractivity contribution in [2.24, 2.45) is 0 Å². The Hall–Kier alpha value is -1.42. The zero-order valence-electron chi connectivity index (χ0n) is 10.1. The van der Waals surface area contributed by atoms with Crippen LogP contribution in [0.1, 0.15) is 20.3 Å². The van der Waals surface area contributed by atoms with E-state index in [4.69, 9.17) is 10.5 Å². The number of methoxy groups -OCH3 is 1. The van der Waals surface area contributed by atoms with E-state index in [-0.39, 0.29) is 0 Å². The number of hydrogen-bond donors (Lipinski definition) is 3. The van der Waals surface area contributed by atoms with Crippen molar-refractivity contribution in [1.29, 1.82) is 0 Å². The lowest BCUT2D eigenvalue weighted by atomic mass is 10.0. The number of benzene rings is 1. The van der Waals surface area contributed by atoms with Crippen LogP contribution >= 0.6 is 0 Å². The monoisotopic (exact) mass is 224 g/mol. The van der Waals surface area contributed by atoms with Crippen molar-refractivity contribution in [3.8, 4) is 5.75 Å². The van der Waals surface area contributed by atoms with Gasteiger partial charge in [0.2, 0.25) is 0 Å². The molecule has 16 heavy (non-hydrogen) atoms. The van der Waals surface area contributed by atoms with Crippen molar-refractivity contribution in [1.82, 2.24) is 0 Å². The molecule has 90 valence electrons. The molecule has 1 rings (SSSR count). The molecule has 0 fully saturated rings. The van der Waals surface area contributed by atoms with Gasteiger partial charge < -0.3 is 20.9 Å². The van der Waals surface area contributed by atoms with Gasteiger partial charge in [-0.3, -0.25) is 0 Å². The number of aliphatic hydroxyl groups is 1. The molecule has 0 amide bonds. The minimum atomic E-state index is -0.727. The summed E-state index contributed by atoms with van der Waals surface area (Å²) in [5.41, 5.74) is 6.52. The molecule has 4 nitrogen and oxygen atoms in total. The van der Waals surface area contributed by atoms with Crippen molar-refractivity contribution in [2.75, 3.05) is 24.7 Å². The second-order valence-electron chi connectivity index (χ2n) is 4.13. The average molecular weight is 224 g/mol. The molecule has 1 aromatic carbocycles. The smallest absolute Gasteiger partial charge is 0.143 e. The van der Waals surface area contributed by atoms with Gasteiger partial charge in [-0.2, -0.15) is 0 Å². The summed E-state index contributed by atoms with van der Waals surface area (Å²) in [5, 5.41) is 13.0. The van der Waals surface area contributed by atoms with E-state index >= 15 is 0 Å².